The predicted molar refractivity (Wildman–Crippen MR) is 77.1 cm³/mol. The minimum atomic E-state index is 0.00570. The highest BCUT2D eigenvalue weighted by Crippen LogP contribution is 2.37. The molecule has 2 N–H and O–H groups in total. The van der Waals surface area contributed by atoms with Crippen LogP contribution in [0.4, 0.5) is 0 Å². The van der Waals surface area contributed by atoms with E-state index in [-0.39, 0.29) is 6.04 Å². The van der Waals surface area contributed by atoms with Crippen molar-refractivity contribution in [2.45, 2.75) is 44.6 Å². The molecule has 1 aliphatic rings. The van der Waals surface area contributed by atoms with Crippen molar-refractivity contribution in [1.29, 1.82) is 0 Å². The van der Waals surface area contributed by atoms with E-state index in [0.717, 1.165) is 17.7 Å². The molecule has 0 aliphatic heterocycles. The quantitative estimate of drug-likeness (QED) is 0.896. The van der Waals surface area contributed by atoms with Crippen LogP contribution >= 0.6 is 0 Å². The van der Waals surface area contributed by atoms with Gasteiger partial charge in [-0.15, -0.1) is 0 Å². The minimum Gasteiger partial charge on any atom is -0.467 e. The van der Waals surface area contributed by atoms with Gasteiger partial charge in [0, 0.05) is 0 Å². The summed E-state index contributed by atoms with van der Waals surface area (Å²) in [5.41, 5.74) is 10.5. The molecule has 1 aliphatic carbocycles. The Bertz CT molecular complexity index is 558. The molecule has 0 spiro atoms. The molecule has 2 heteroatoms. The molecule has 0 amide bonds. The maximum absolute atomic E-state index is 6.33. The second-order valence-corrected chi connectivity index (χ2v) is 5.60. The summed E-state index contributed by atoms with van der Waals surface area (Å²) in [6.45, 7) is 2.06. The first-order chi connectivity index (χ1) is 9.25. The number of rotatable bonds is 3. The lowest BCUT2D eigenvalue weighted by atomic mass is 9.79. The van der Waals surface area contributed by atoms with Crippen LogP contribution in [0.2, 0.25) is 0 Å². The molecule has 2 aromatic rings. The van der Waals surface area contributed by atoms with E-state index in [1.165, 1.54) is 30.4 Å². The zero-order chi connectivity index (χ0) is 13.2. The molecule has 19 heavy (non-hydrogen) atoms. The van der Waals surface area contributed by atoms with Gasteiger partial charge in [-0.2, -0.15) is 0 Å². The molecule has 0 saturated heterocycles. The van der Waals surface area contributed by atoms with Crippen molar-refractivity contribution in [1.82, 2.24) is 0 Å². The number of furan rings is 1. The van der Waals surface area contributed by atoms with Crippen LogP contribution in [0.25, 0.3) is 0 Å². The zero-order valence-corrected chi connectivity index (χ0v) is 11.4. The van der Waals surface area contributed by atoms with E-state index in [1.807, 2.05) is 6.07 Å². The van der Waals surface area contributed by atoms with Crippen LogP contribution in [0.15, 0.2) is 41.0 Å². The van der Waals surface area contributed by atoms with Crippen LogP contribution in [0.3, 0.4) is 0 Å². The Labute approximate surface area is 114 Å². The van der Waals surface area contributed by atoms with Gasteiger partial charge in [-0.3, -0.25) is 0 Å². The average molecular weight is 255 g/mol. The Morgan fingerprint density at radius 1 is 1.32 bits per heavy atom. The van der Waals surface area contributed by atoms with E-state index in [1.54, 1.807) is 6.26 Å². The molecule has 0 saturated carbocycles. The fourth-order valence-corrected chi connectivity index (χ4v) is 3.28. The molecule has 1 heterocycles. The van der Waals surface area contributed by atoms with Crippen LogP contribution in [0.5, 0.6) is 0 Å². The summed E-state index contributed by atoms with van der Waals surface area (Å²) in [7, 11) is 0. The molecular formula is C17H21NO. The van der Waals surface area contributed by atoms with Gasteiger partial charge in [0.2, 0.25) is 0 Å². The second kappa shape index (κ2) is 5.22. The average Bonchev–Trinajstić information content (AvgIpc) is 2.85. The zero-order valence-electron chi connectivity index (χ0n) is 11.4. The van der Waals surface area contributed by atoms with Crippen molar-refractivity contribution < 1.29 is 4.42 Å². The molecule has 2 atom stereocenters. The molecule has 0 fully saturated rings. The number of fused-ring (bicyclic) bond motifs is 1. The van der Waals surface area contributed by atoms with E-state index in [0.29, 0.717) is 5.92 Å². The van der Waals surface area contributed by atoms with Crippen molar-refractivity contribution >= 4 is 0 Å². The topological polar surface area (TPSA) is 39.2 Å². The van der Waals surface area contributed by atoms with Crippen LogP contribution in [-0.4, -0.2) is 0 Å². The summed E-state index contributed by atoms with van der Waals surface area (Å²) in [5.74, 6) is 1.52. The summed E-state index contributed by atoms with van der Waals surface area (Å²) >= 11 is 0. The molecule has 2 unspecified atom stereocenters. The van der Waals surface area contributed by atoms with Crippen LogP contribution in [0, 0.1) is 6.92 Å². The maximum Gasteiger partial charge on any atom is 0.123 e. The molecule has 3 rings (SSSR count). The predicted octanol–water partition coefficient (Wildman–Crippen LogP) is 4.10. The monoisotopic (exact) mass is 255 g/mol. The van der Waals surface area contributed by atoms with Crippen molar-refractivity contribution in [3.05, 3.63) is 59.0 Å². The lowest BCUT2D eigenvalue weighted by Crippen LogP contribution is -2.18. The molecule has 2 nitrogen and oxygen atoms in total. The van der Waals surface area contributed by atoms with Crippen LogP contribution < -0.4 is 5.73 Å². The van der Waals surface area contributed by atoms with Gasteiger partial charge in [-0.05, 0) is 61.3 Å². The molecule has 0 radical (unpaired) electrons. The lowest BCUT2D eigenvalue weighted by Gasteiger charge is -2.27. The number of nitrogens with two attached hydrogens (primary N) is 1. The molecule has 1 aromatic carbocycles. The Hall–Kier alpha value is -1.54. The fraction of sp³-hybridized carbons (Fsp3) is 0.412. The highest BCUT2D eigenvalue weighted by Gasteiger charge is 2.24. The van der Waals surface area contributed by atoms with E-state index >= 15 is 0 Å². The summed E-state index contributed by atoms with van der Waals surface area (Å²) in [4.78, 5) is 0. The number of hydrogen-bond acceptors (Lipinski definition) is 2. The largest absolute Gasteiger partial charge is 0.467 e. The van der Waals surface area contributed by atoms with Gasteiger partial charge in [0.1, 0.15) is 5.76 Å². The molecule has 1 aromatic heterocycles. The lowest BCUT2D eigenvalue weighted by molar-refractivity contribution is 0.408. The van der Waals surface area contributed by atoms with E-state index in [9.17, 15) is 0 Å². The smallest absolute Gasteiger partial charge is 0.123 e. The first kappa shape index (κ1) is 12.5. The Balaban J connectivity index is 1.80. The third-order valence-corrected chi connectivity index (χ3v) is 4.27. The van der Waals surface area contributed by atoms with Crippen molar-refractivity contribution in [2.75, 3.05) is 0 Å². The SMILES string of the molecule is Cc1ccoc1C(N)CC1CCCc2ccccc21. The van der Waals surface area contributed by atoms with E-state index in [4.69, 9.17) is 10.2 Å². The summed E-state index contributed by atoms with van der Waals surface area (Å²) in [6, 6.07) is 10.8. The molecule has 100 valence electrons. The number of hydrogen-bond donors (Lipinski definition) is 1. The van der Waals surface area contributed by atoms with Gasteiger partial charge in [0.05, 0.1) is 12.3 Å². The standard InChI is InChI=1S/C17H21NO/c1-12-9-10-19-17(12)16(18)11-14-7-4-6-13-5-2-3-8-15(13)14/h2-3,5,8-10,14,16H,4,6-7,11,18H2,1H3. The first-order valence-corrected chi connectivity index (χ1v) is 7.13. The van der Waals surface area contributed by atoms with E-state index < -0.39 is 0 Å². The van der Waals surface area contributed by atoms with E-state index in [2.05, 4.69) is 31.2 Å². The molecular weight excluding hydrogens is 234 g/mol. The summed E-state index contributed by atoms with van der Waals surface area (Å²) < 4.78 is 5.53. The third-order valence-electron chi connectivity index (χ3n) is 4.27. The highest BCUT2D eigenvalue weighted by atomic mass is 16.3. The van der Waals surface area contributed by atoms with Gasteiger partial charge in [0.15, 0.2) is 0 Å². The Morgan fingerprint density at radius 3 is 2.95 bits per heavy atom. The molecule has 0 bridgehead atoms. The highest BCUT2D eigenvalue weighted by molar-refractivity contribution is 5.33. The van der Waals surface area contributed by atoms with Gasteiger partial charge >= 0.3 is 0 Å². The fourth-order valence-electron chi connectivity index (χ4n) is 3.28. The van der Waals surface area contributed by atoms with Gasteiger partial charge in [-0.25, -0.2) is 0 Å². The Morgan fingerprint density at radius 2 is 2.16 bits per heavy atom. The normalized spacial score (nSPS) is 20.0. The first-order valence-electron chi connectivity index (χ1n) is 7.13. The summed E-state index contributed by atoms with van der Waals surface area (Å²) in [6.07, 6.45) is 6.43. The maximum atomic E-state index is 6.33. The number of benzene rings is 1. The number of aryl methyl sites for hydroxylation is 2. The van der Waals surface area contributed by atoms with Crippen LogP contribution in [0.1, 0.15) is 53.7 Å². The second-order valence-electron chi connectivity index (χ2n) is 5.60. The van der Waals surface area contributed by atoms with Gasteiger partial charge < -0.3 is 10.2 Å². The Kier molecular flexibility index (Phi) is 3.43. The van der Waals surface area contributed by atoms with Gasteiger partial charge in [-0.1, -0.05) is 24.3 Å². The third kappa shape index (κ3) is 2.45. The van der Waals surface area contributed by atoms with Crippen molar-refractivity contribution in [2.24, 2.45) is 5.73 Å². The minimum absolute atomic E-state index is 0.00570. The van der Waals surface area contributed by atoms with Crippen molar-refractivity contribution in [3.8, 4) is 0 Å². The van der Waals surface area contributed by atoms with Crippen molar-refractivity contribution in [3.63, 3.8) is 0 Å². The van der Waals surface area contributed by atoms with Crippen LogP contribution in [-0.2, 0) is 6.42 Å². The van der Waals surface area contributed by atoms with Gasteiger partial charge in [0.25, 0.3) is 0 Å². The summed E-state index contributed by atoms with van der Waals surface area (Å²) in [5, 5.41) is 0.